The van der Waals surface area contributed by atoms with Crippen LogP contribution < -0.4 is 4.90 Å². The molecule has 1 saturated heterocycles. The first-order chi connectivity index (χ1) is 18.1. The smallest absolute Gasteiger partial charge is 0.171 e. The Morgan fingerprint density at radius 2 is 1.71 bits per heavy atom. The van der Waals surface area contributed by atoms with E-state index in [1.54, 1.807) is 7.05 Å². The highest BCUT2D eigenvalue weighted by molar-refractivity contribution is 5.50. The predicted molar refractivity (Wildman–Crippen MR) is 148 cm³/mol. The molecule has 0 bridgehead atoms. The Bertz CT molecular complexity index is 1170. The van der Waals surface area contributed by atoms with Crippen LogP contribution in [-0.2, 0) is 9.47 Å². The number of allylic oxidation sites excluding steroid dienone is 1. The van der Waals surface area contributed by atoms with Gasteiger partial charge in [0.1, 0.15) is 5.54 Å². The molecule has 206 valence electrons. The normalized spacial score (nSPS) is 39.4. The molecular weight excluding hydrogens is 476 g/mol. The van der Waals surface area contributed by atoms with E-state index in [4.69, 9.17) is 9.47 Å². The van der Waals surface area contributed by atoms with Gasteiger partial charge in [0.2, 0.25) is 0 Å². The lowest BCUT2D eigenvalue weighted by atomic mass is 9.49. The first-order valence-corrected chi connectivity index (χ1v) is 14.5. The largest absolute Gasteiger partial charge is 0.385 e. The monoisotopic (exact) mass is 520 g/mol. The second-order valence-corrected chi connectivity index (χ2v) is 13.0. The van der Waals surface area contributed by atoms with Crippen LogP contribution in [0.15, 0.2) is 35.4 Å². The Morgan fingerprint density at radius 1 is 1.00 bits per heavy atom. The zero-order valence-corrected chi connectivity index (χ0v) is 23.7. The zero-order valence-electron chi connectivity index (χ0n) is 23.7. The van der Waals surface area contributed by atoms with Crippen LogP contribution in [0.4, 0.5) is 5.69 Å². The third kappa shape index (κ3) is 3.66. The third-order valence-electron chi connectivity index (χ3n) is 11.1. The molecule has 6 heteroatoms. The fourth-order valence-corrected chi connectivity index (χ4v) is 9.35. The van der Waals surface area contributed by atoms with Gasteiger partial charge in [-0.1, -0.05) is 30.6 Å². The minimum absolute atomic E-state index is 0.176. The van der Waals surface area contributed by atoms with E-state index in [1.165, 1.54) is 27.5 Å². The molecule has 4 aliphatic carbocycles. The number of nitrogens with zero attached hydrogens (tertiary/aromatic N) is 2. The number of aliphatic hydroxyl groups is 1. The van der Waals surface area contributed by atoms with Gasteiger partial charge >= 0.3 is 0 Å². The number of ether oxygens (including phenoxy) is 2. The van der Waals surface area contributed by atoms with Crippen molar-refractivity contribution < 1.29 is 19.8 Å². The van der Waals surface area contributed by atoms with E-state index >= 15 is 0 Å². The van der Waals surface area contributed by atoms with E-state index in [0.717, 1.165) is 44.9 Å². The maximum absolute atomic E-state index is 12.2. The van der Waals surface area contributed by atoms with E-state index in [-0.39, 0.29) is 11.3 Å². The van der Waals surface area contributed by atoms with Gasteiger partial charge in [0.25, 0.3) is 0 Å². The van der Waals surface area contributed by atoms with Crippen LogP contribution in [0.5, 0.6) is 0 Å². The van der Waals surface area contributed by atoms with Crippen LogP contribution in [-0.4, -0.2) is 66.7 Å². The van der Waals surface area contributed by atoms with Crippen molar-refractivity contribution in [2.45, 2.75) is 88.1 Å². The van der Waals surface area contributed by atoms with Gasteiger partial charge in [-0.05, 0) is 80.6 Å². The standard InChI is InChI=1S/C32H44N2O4/c1-6-14-31(34(5)36)16-12-26-24-11-15-30(35)21-32(37-18-19-38-32)17-13-27(30)28(24)25(20-29(26,31)2)22-7-9-23(10-8-22)33(3)4/h7-10,24-26,35-36H,11-13,15-21H2,1-5H3/t24-,25+,26-,29-,30+,31-/m0/s1. The minimum Gasteiger partial charge on any atom is -0.385 e. The maximum Gasteiger partial charge on any atom is 0.171 e. The summed E-state index contributed by atoms with van der Waals surface area (Å²) in [6, 6.07) is 8.97. The van der Waals surface area contributed by atoms with Crippen LogP contribution in [0, 0.1) is 29.1 Å². The number of rotatable bonds is 3. The summed E-state index contributed by atoms with van der Waals surface area (Å²) < 4.78 is 12.2. The van der Waals surface area contributed by atoms with Crippen molar-refractivity contribution in [3.63, 3.8) is 0 Å². The lowest BCUT2D eigenvalue weighted by Crippen LogP contribution is -2.59. The van der Waals surface area contributed by atoms with Crippen molar-refractivity contribution >= 4 is 5.69 Å². The first-order valence-electron chi connectivity index (χ1n) is 14.5. The Balaban J connectivity index is 1.50. The molecule has 2 N–H and O–H groups in total. The molecular formula is C32H44N2O4. The first kappa shape index (κ1) is 26.3. The Labute approximate surface area is 227 Å². The number of hydrogen-bond acceptors (Lipinski definition) is 6. The quantitative estimate of drug-likeness (QED) is 0.328. The number of hydrogen-bond donors (Lipinski definition) is 2. The number of fused-ring (bicyclic) bond motifs is 4. The molecule has 6 atom stereocenters. The van der Waals surface area contributed by atoms with E-state index in [9.17, 15) is 10.3 Å². The highest BCUT2D eigenvalue weighted by atomic mass is 16.7. The summed E-state index contributed by atoms with van der Waals surface area (Å²) in [5, 5.41) is 24.7. The fourth-order valence-electron chi connectivity index (χ4n) is 9.35. The topological polar surface area (TPSA) is 65.4 Å². The Kier molecular flexibility index (Phi) is 6.29. The molecule has 5 aliphatic rings. The molecule has 1 aromatic rings. The minimum atomic E-state index is -0.878. The maximum atomic E-state index is 12.2. The molecule has 38 heavy (non-hydrogen) atoms. The summed E-state index contributed by atoms with van der Waals surface area (Å²) in [5.41, 5.74) is 3.57. The average molecular weight is 521 g/mol. The van der Waals surface area contributed by atoms with E-state index in [2.05, 4.69) is 62.0 Å². The van der Waals surface area contributed by atoms with E-state index in [0.29, 0.717) is 31.5 Å². The predicted octanol–water partition coefficient (Wildman–Crippen LogP) is 5.10. The second kappa shape index (κ2) is 9.08. The summed E-state index contributed by atoms with van der Waals surface area (Å²) in [6.45, 7) is 5.49. The summed E-state index contributed by atoms with van der Waals surface area (Å²) in [4.78, 5) is 2.13. The molecule has 0 radical (unpaired) electrons. The van der Waals surface area contributed by atoms with Crippen molar-refractivity contribution in [2.24, 2.45) is 17.3 Å². The van der Waals surface area contributed by atoms with E-state index < -0.39 is 16.9 Å². The molecule has 1 aliphatic heterocycles. The summed E-state index contributed by atoms with van der Waals surface area (Å²) in [5.74, 6) is 7.02. The molecule has 6 rings (SSSR count). The molecule has 1 aromatic carbocycles. The Morgan fingerprint density at radius 3 is 2.34 bits per heavy atom. The van der Waals surface area contributed by atoms with Crippen LogP contribution >= 0.6 is 0 Å². The van der Waals surface area contributed by atoms with Crippen molar-refractivity contribution in [3.8, 4) is 11.8 Å². The van der Waals surface area contributed by atoms with Crippen LogP contribution in [0.1, 0.15) is 76.7 Å². The van der Waals surface area contributed by atoms with Crippen molar-refractivity contribution in [2.75, 3.05) is 39.3 Å². The molecule has 1 heterocycles. The fraction of sp³-hybridized carbons (Fsp3) is 0.688. The summed E-state index contributed by atoms with van der Waals surface area (Å²) in [6.07, 6.45) is 6.65. The van der Waals surface area contributed by atoms with Gasteiger partial charge in [0.05, 0.1) is 18.8 Å². The zero-order chi connectivity index (χ0) is 26.9. The summed E-state index contributed by atoms with van der Waals surface area (Å²) >= 11 is 0. The molecule has 3 saturated carbocycles. The highest BCUT2D eigenvalue weighted by Gasteiger charge is 2.66. The van der Waals surface area contributed by atoms with Gasteiger partial charge < -0.3 is 24.7 Å². The summed E-state index contributed by atoms with van der Waals surface area (Å²) in [7, 11) is 5.93. The Hall–Kier alpha value is -1.88. The van der Waals surface area contributed by atoms with Gasteiger partial charge in [-0.25, -0.2) is 0 Å². The third-order valence-corrected chi connectivity index (χ3v) is 11.1. The number of benzene rings is 1. The van der Waals surface area contributed by atoms with Gasteiger partial charge in [-0.15, -0.1) is 5.92 Å². The SMILES string of the molecule is CC#C[C@]1(N(C)O)CC[C@H]2[C@@H]3CC[C@@]4(O)CC5(CCC4=C3[C@@H](c3ccc(N(C)C)cc3)C[C@@]21C)OCCO5. The van der Waals surface area contributed by atoms with Crippen LogP contribution in [0.3, 0.4) is 0 Å². The molecule has 0 unspecified atom stereocenters. The highest BCUT2D eigenvalue weighted by Crippen LogP contribution is 2.68. The van der Waals surface area contributed by atoms with E-state index in [1.807, 2.05) is 6.92 Å². The molecule has 6 nitrogen and oxygen atoms in total. The lowest BCUT2D eigenvalue weighted by molar-refractivity contribution is -0.209. The lowest BCUT2D eigenvalue weighted by Gasteiger charge is -2.58. The van der Waals surface area contributed by atoms with Gasteiger partial charge in [0.15, 0.2) is 5.79 Å². The van der Waals surface area contributed by atoms with Crippen LogP contribution in [0.25, 0.3) is 0 Å². The molecule has 0 amide bonds. The molecule has 4 fully saturated rings. The number of hydroxylamine groups is 2. The second-order valence-electron chi connectivity index (χ2n) is 13.0. The van der Waals surface area contributed by atoms with Gasteiger partial charge in [-0.2, -0.15) is 5.06 Å². The molecule has 0 aromatic heterocycles. The number of anilines is 1. The van der Waals surface area contributed by atoms with Crippen molar-refractivity contribution in [1.29, 1.82) is 0 Å². The molecule has 1 spiro atoms. The van der Waals surface area contributed by atoms with Crippen molar-refractivity contribution in [1.82, 2.24) is 5.06 Å². The average Bonchev–Trinajstić information content (AvgIpc) is 3.45. The van der Waals surface area contributed by atoms with Gasteiger partial charge in [0, 0.05) is 51.0 Å². The van der Waals surface area contributed by atoms with Crippen LogP contribution in [0.2, 0.25) is 0 Å². The van der Waals surface area contributed by atoms with Gasteiger partial charge in [-0.3, -0.25) is 0 Å². The van der Waals surface area contributed by atoms with Crippen molar-refractivity contribution in [3.05, 3.63) is 41.0 Å².